The first-order valence-electron chi connectivity index (χ1n) is 6.23. The molecule has 0 saturated carbocycles. The third kappa shape index (κ3) is 6.29. The van der Waals surface area contributed by atoms with Crippen LogP contribution >= 0.6 is 44.1 Å². The third-order valence-electron chi connectivity index (χ3n) is 2.30. The predicted molar refractivity (Wildman–Crippen MR) is 96.4 cm³/mol. The van der Waals surface area contributed by atoms with Crippen LogP contribution in [0.25, 0.3) is 0 Å². The van der Waals surface area contributed by atoms with Crippen LogP contribution in [-0.2, 0) is 9.53 Å². The molecule has 0 aliphatic heterocycles. The van der Waals surface area contributed by atoms with E-state index in [9.17, 15) is 4.79 Å². The Bertz CT molecular complexity index is 559. The van der Waals surface area contributed by atoms with E-state index < -0.39 is 5.97 Å². The van der Waals surface area contributed by atoms with Gasteiger partial charge in [0.25, 0.3) is 0 Å². The lowest BCUT2D eigenvalue weighted by molar-refractivity contribution is -0.142. The first kappa shape index (κ1) is 18.9. The lowest BCUT2D eigenvalue weighted by Crippen LogP contribution is -2.31. The summed E-state index contributed by atoms with van der Waals surface area (Å²) in [5.74, 6) is 0.0595. The summed E-state index contributed by atoms with van der Waals surface area (Å²) in [6.07, 6.45) is 1.61. The van der Waals surface area contributed by atoms with Gasteiger partial charge in [-0.25, -0.2) is 4.79 Å². The number of rotatable bonds is 6. The van der Waals surface area contributed by atoms with Gasteiger partial charge in [0.2, 0.25) is 0 Å². The van der Waals surface area contributed by atoms with E-state index in [1.54, 1.807) is 18.3 Å². The van der Waals surface area contributed by atoms with Crippen LogP contribution in [0.5, 0.6) is 5.75 Å². The summed E-state index contributed by atoms with van der Waals surface area (Å²) in [7, 11) is 1.31. The Morgan fingerprint density at radius 3 is 2.59 bits per heavy atom. The summed E-state index contributed by atoms with van der Waals surface area (Å²) < 4.78 is 11.3. The number of methoxy groups -OCH3 is 1. The molecule has 0 heterocycles. The molecule has 0 bridgehead atoms. The summed E-state index contributed by atoms with van der Waals surface area (Å²) in [4.78, 5) is 11.1. The number of carbonyl (C=O) groups excluding carboxylic acids is 1. The molecule has 120 valence electrons. The average molecular weight is 453 g/mol. The number of nitrogens with zero attached hydrogens (tertiary/aromatic N) is 1. The Morgan fingerprint density at radius 2 is 2.05 bits per heavy atom. The van der Waals surface area contributed by atoms with Crippen molar-refractivity contribution in [2.45, 2.75) is 6.92 Å². The van der Waals surface area contributed by atoms with Crippen molar-refractivity contribution in [3.8, 4) is 5.75 Å². The molecular formula is C13H15Br2N3O3S. The summed E-state index contributed by atoms with van der Waals surface area (Å²) in [6.45, 7) is 2.50. The molecule has 1 aromatic carbocycles. The maximum Gasteiger partial charge on any atom is 0.343 e. The molecular weight excluding hydrogens is 438 g/mol. The molecule has 1 aromatic rings. The summed E-state index contributed by atoms with van der Waals surface area (Å²) in [5, 5.41) is 7.40. The van der Waals surface area contributed by atoms with Crippen molar-refractivity contribution >= 4 is 61.4 Å². The largest absolute Gasteiger partial charge is 0.480 e. The Balaban J connectivity index is 2.74. The zero-order chi connectivity index (χ0) is 16.5. The van der Waals surface area contributed by atoms with E-state index in [-0.39, 0.29) is 6.61 Å². The lowest BCUT2D eigenvalue weighted by Gasteiger charge is -2.10. The van der Waals surface area contributed by atoms with Gasteiger partial charge in [0.15, 0.2) is 11.7 Å². The first-order valence-corrected chi connectivity index (χ1v) is 8.23. The molecule has 0 spiro atoms. The number of thiocarbonyl (C=S) groups is 1. The van der Waals surface area contributed by atoms with E-state index in [1.165, 1.54) is 7.11 Å². The van der Waals surface area contributed by atoms with Gasteiger partial charge in [0.05, 0.1) is 22.3 Å². The molecule has 0 radical (unpaired) electrons. The van der Waals surface area contributed by atoms with E-state index >= 15 is 0 Å². The van der Waals surface area contributed by atoms with Crippen molar-refractivity contribution in [2.75, 3.05) is 20.3 Å². The Kier molecular flexibility index (Phi) is 8.36. The predicted octanol–water partition coefficient (Wildman–Crippen LogP) is 2.58. The number of hydrogen-bond donors (Lipinski definition) is 2. The van der Waals surface area contributed by atoms with Crippen LogP contribution in [0.1, 0.15) is 12.5 Å². The fraction of sp³-hybridized carbons (Fsp3) is 0.308. The van der Waals surface area contributed by atoms with Gasteiger partial charge >= 0.3 is 5.97 Å². The molecule has 0 unspecified atom stereocenters. The van der Waals surface area contributed by atoms with E-state index in [0.717, 1.165) is 12.1 Å². The van der Waals surface area contributed by atoms with E-state index in [4.69, 9.17) is 17.0 Å². The topological polar surface area (TPSA) is 72.0 Å². The van der Waals surface area contributed by atoms with Crippen LogP contribution in [0, 0.1) is 0 Å². The van der Waals surface area contributed by atoms with Gasteiger partial charge in [-0.15, -0.1) is 0 Å². The first-order chi connectivity index (χ1) is 10.5. The van der Waals surface area contributed by atoms with Crippen molar-refractivity contribution in [3.05, 3.63) is 26.6 Å². The second-order valence-electron chi connectivity index (χ2n) is 3.91. The summed E-state index contributed by atoms with van der Waals surface area (Å²) in [6, 6.07) is 3.61. The number of nitrogens with one attached hydrogen (secondary N) is 2. The van der Waals surface area contributed by atoms with Gasteiger partial charge in [0, 0.05) is 6.54 Å². The highest BCUT2D eigenvalue weighted by molar-refractivity contribution is 9.11. The van der Waals surface area contributed by atoms with Gasteiger partial charge in [-0.1, -0.05) is 0 Å². The second kappa shape index (κ2) is 9.75. The quantitative estimate of drug-likeness (QED) is 0.299. The molecule has 0 aromatic heterocycles. The Morgan fingerprint density at radius 1 is 1.41 bits per heavy atom. The zero-order valence-electron chi connectivity index (χ0n) is 12.0. The van der Waals surface area contributed by atoms with Gasteiger partial charge in [-0.2, -0.15) is 5.10 Å². The van der Waals surface area contributed by atoms with E-state index in [0.29, 0.717) is 19.8 Å². The van der Waals surface area contributed by atoms with Gasteiger partial charge in [-0.05, 0) is 68.7 Å². The molecule has 0 aliphatic carbocycles. The summed E-state index contributed by atoms with van der Waals surface area (Å²) >= 11 is 11.8. The second-order valence-corrected chi connectivity index (χ2v) is 6.02. The van der Waals surface area contributed by atoms with Crippen LogP contribution in [0.2, 0.25) is 0 Å². The molecule has 0 saturated heterocycles. The fourth-order valence-corrected chi connectivity index (χ4v) is 3.00. The number of hydrogen-bond acceptors (Lipinski definition) is 5. The zero-order valence-corrected chi connectivity index (χ0v) is 16.0. The van der Waals surface area contributed by atoms with Crippen LogP contribution in [0.4, 0.5) is 0 Å². The van der Waals surface area contributed by atoms with Crippen LogP contribution < -0.4 is 15.5 Å². The maximum absolute atomic E-state index is 11.1. The highest BCUT2D eigenvalue weighted by atomic mass is 79.9. The minimum atomic E-state index is -0.453. The molecule has 2 N–H and O–H groups in total. The smallest absolute Gasteiger partial charge is 0.343 e. The lowest BCUT2D eigenvalue weighted by atomic mass is 10.2. The Labute approximate surface area is 150 Å². The number of halogens is 2. The van der Waals surface area contributed by atoms with Crippen LogP contribution in [-0.4, -0.2) is 37.6 Å². The number of esters is 1. The highest BCUT2D eigenvalue weighted by Gasteiger charge is 2.10. The molecule has 0 fully saturated rings. The van der Waals surface area contributed by atoms with Crippen molar-refractivity contribution in [1.82, 2.24) is 10.7 Å². The number of ether oxygens (including phenoxy) is 2. The van der Waals surface area contributed by atoms with E-state index in [1.807, 2.05) is 6.92 Å². The number of carbonyl (C=O) groups is 1. The van der Waals surface area contributed by atoms with Crippen LogP contribution in [0.3, 0.4) is 0 Å². The van der Waals surface area contributed by atoms with Gasteiger partial charge < -0.3 is 14.8 Å². The normalized spacial score (nSPS) is 10.4. The van der Waals surface area contributed by atoms with Crippen molar-refractivity contribution in [3.63, 3.8) is 0 Å². The highest BCUT2D eigenvalue weighted by Crippen LogP contribution is 2.34. The molecule has 22 heavy (non-hydrogen) atoms. The minimum Gasteiger partial charge on any atom is -0.480 e. The Hall–Kier alpha value is -1.19. The van der Waals surface area contributed by atoms with Gasteiger partial charge in [-0.3, -0.25) is 5.43 Å². The number of hydrazone groups is 1. The molecule has 6 nitrogen and oxygen atoms in total. The maximum atomic E-state index is 11.1. The average Bonchev–Trinajstić information content (AvgIpc) is 2.46. The fourth-order valence-electron chi connectivity index (χ4n) is 1.35. The third-order valence-corrected chi connectivity index (χ3v) is 3.71. The standard InChI is InChI=1S/C13H15Br2N3O3S/c1-3-16-13(22)18-17-6-8-4-9(14)12(10(15)5-8)21-7-11(19)20-2/h4-6H,3,7H2,1-2H3,(H2,16,18,22). The summed E-state index contributed by atoms with van der Waals surface area (Å²) in [5.41, 5.74) is 3.52. The van der Waals surface area contributed by atoms with Crippen molar-refractivity contribution in [2.24, 2.45) is 5.10 Å². The minimum absolute atomic E-state index is 0.167. The van der Waals surface area contributed by atoms with Crippen LogP contribution in [0.15, 0.2) is 26.2 Å². The monoisotopic (exact) mass is 451 g/mol. The SMILES string of the molecule is CCNC(=S)NN=Cc1cc(Br)c(OCC(=O)OC)c(Br)c1. The molecule has 0 aliphatic rings. The van der Waals surface area contributed by atoms with Crippen molar-refractivity contribution < 1.29 is 14.3 Å². The van der Waals surface area contributed by atoms with Crippen molar-refractivity contribution in [1.29, 1.82) is 0 Å². The molecule has 0 amide bonds. The molecule has 0 atom stereocenters. The molecule has 1 rings (SSSR count). The molecule has 9 heteroatoms. The van der Waals surface area contributed by atoms with Gasteiger partial charge in [0.1, 0.15) is 5.75 Å². The number of benzene rings is 1. The van der Waals surface area contributed by atoms with E-state index in [2.05, 4.69) is 52.4 Å².